The topological polar surface area (TPSA) is 49.4 Å². The molecule has 3 aliphatic carbocycles. The predicted octanol–water partition coefficient (Wildman–Crippen LogP) is 5.94. The van der Waals surface area contributed by atoms with E-state index in [1.54, 1.807) is 0 Å². The van der Waals surface area contributed by atoms with Crippen LogP contribution in [0, 0.1) is 34.5 Å². The number of nitrogens with zero attached hydrogens (tertiary/aromatic N) is 1. The Hall–Kier alpha value is -1.06. The summed E-state index contributed by atoms with van der Waals surface area (Å²) in [6, 6.07) is 0.423. The van der Waals surface area contributed by atoms with Crippen LogP contribution in [0.15, 0.2) is 0 Å². The molecular weight excluding hydrogens is 396 g/mol. The van der Waals surface area contributed by atoms with Crippen molar-refractivity contribution in [1.82, 2.24) is 10.2 Å². The van der Waals surface area contributed by atoms with Gasteiger partial charge in [-0.1, -0.05) is 52.9 Å². The molecular formula is C28H48N2O2. The summed E-state index contributed by atoms with van der Waals surface area (Å²) in [7, 11) is 2.04. The number of rotatable bonds is 8. The van der Waals surface area contributed by atoms with E-state index in [-0.39, 0.29) is 16.7 Å². The van der Waals surface area contributed by atoms with Crippen molar-refractivity contribution in [3.8, 4) is 0 Å². The monoisotopic (exact) mass is 444 g/mol. The lowest BCUT2D eigenvalue weighted by Gasteiger charge is -2.61. The summed E-state index contributed by atoms with van der Waals surface area (Å²) in [6.07, 6.45) is 16.5. The number of hydrogen-bond acceptors (Lipinski definition) is 2. The van der Waals surface area contributed by atoms with Gasteiger partial charge < -0.3 is 10.2 Å². The fourth-order valence-electron chi connectivity index (χ4n) is 8.82. The molecule has 182 valence electrons. The molecule has 2 amide bonds. The summed E-state index contributed by atoms with van der Waals surface area (Å²) in [4.78, 5) is 27.7. The molecule has 3 saturated carbocycles. The first-order valence-corrected chi connectivity index (χ1v) is 13.9. The van der Waals surface area contributed by atoms with Gasteiger partial charge in [0.1, 0.15) is 0 Å². The maximum atomic E-state index is 13.2. The minimum Gasteiger partial charge on any atom is -0.356 e. The first kappa shape index (κ1) is 24.1. The minimum atomic E-state index is 0.173. The number of likely N-dealkylation sites (tertiary alicyclic amines) is 1. The van der Waals surface area contributed by atoms with Crippen molar-refractivity contribution in [2.75, 3.05) is 13.6 Å². The second-order valence-electron chi connectivity index (χ2n) is 12.2. The van der Waals surface area contributed by atoms with Crippen molar-refractivity contribution in [2.24, 2.45) is 34.5 Å². The molecule has 0 radical (unpaired) electrons. The van der Waals surface area contributed by atoms with E-state index >= 15 is 0 Å². The van der Waals surface area contributed by atoms with Crippen LogP contribution in [-0.2, 0) is 9.59 Å². The number of piperidine rings is 1. The van der Waals surface area contributed by atoms with E-state index in [0.717, 1.165) is 50.5 Å². The number of amides is 2. The Kier molecular flexibility index (Phi) is 7.27. The third kappa shape index (κ3) is 4.13. The zero-order chi connectivity index (χ0) is 22.9. The van der Waals surface area contributed by atoms with Crippen LogP contribution in [0.5, 0.6) is 0 Å². The molecule has 1 aliphatic heterocycles. The van der Waals surface area contributed by atoms with Gasteiger partial charge in [-0.25, -0.2) is 0 Å². The SMILES string of the molecule is CCCCCCCCNC(=O)[C@H]1CCC2C3CCC4N(C)C(=O)CCC4(C)C3CCC21C. The smallest absolute Gasteiger partial charge is 0.223 e. The van der Waals surface area contributed by atoms with Gasteiger partial charge in [0.2, 0.25) is 11.8 Å². The number of fused-ring (bicyclic) bond motifs is 5. The van der Waals surface area contributed by atoms with Gasteiger partial charge in [-0.05, 0) is 80.0 Å². The minimum absolute atomic E-state index is 0.173. The van der Waals surface area contributed by atoms with E-state index in [2.05, 4.69) is 31.0 Å². The van der Waals surface area contributed by atoms with Gasteiger partial charge >= 0.3 is 0 Å². The second kappa shape index (κ2) is 9.66. The van der Waals surface area contributed by atoms with E-state index in [4.69, 9.17) is 0 Å². The van der Waals surface area contributed by atoms with Crippen LogP contribution < -0.4 is 5.32 Å². The molecule has 4 rings (SSSR count). The van der Waals surface area contributed by atoms with Crippen LogP contribution in [0.4, 0.5) is 0 Å². The number of unbranched alkanes of at least 4 members (excludes halogenated alkanes) is 5. The Morgan fingerprint density at radius 2 is 1.66 bits per heavy atom. The van der Waals surface area contributed by atoms with Crippen LogP contribution in [0.2, 0.25) is 0 Å². The van der Waals surface area contributed by atoms with E-state index in [9.17, 15) is 9.59 Å². The number of nitrogens with one attached hydrogen (secondary N) is 1. The molecule has 0 aromatic rings. The number of hydrogen-bond donors (Lipinski definition) is 1. The molecule has 0 spiro atoms. The highest BCUT2D eigenvalue weighted by molar-refractivity contribution is 5.80. The Morgan fingerprint density at radius 1 is 0.938 bits per heavy atom. The molecule has 1 N–H and O–H groups in total. The van der Waals surface area contributed by atoms with E-state index in [0.29, 0.717) is 23.8 Å². The molecule has 4 heteroatoms. The first-order chi connectivity index (χ1) is 15.3. The van der Waals surface area contributed by atoms with Gasteiger partial charge in [0, 0.05) is 32.0 Å². The van der Waals surface area contributed by atoms with Crippen LogP contribution in [-0.4, -0.2) is 36.3 Å². The maximum Gasteiger partial charge on any atom is 0.223 e. The molecule has 7 atom stereocenters. The summed E-state index contributed by atoms with van der Waals surface area (Å²) >= 11 is 0. The van der Waals surface area contributed by atoms with Crippen molar-refractivity contribution in [1.29, 1.82) is 0 Å². The molecule has 0 aromatic carbocycles. The lowest BCUT2D eigenvalue weighted by molar-refractivity contribution is -0.159. The Morgan fingerprint density at radius 3 is 2.44 bits per heavy atom. The van der Waals surface area contributed by atoms with Gasteiger partial charge in [-0.3, -0.25) is 9.59 Å². The lowest BCUT2D eigenvalue weighted by Crippen LogP contribution is -2.61. The van der Waals surface area contributed by atoms with Crippen LogP contribution in [0.25, 0.3) is 0 Å². The van der Waals surface area contributed by atoms with Crippen molar-refractivity contribution in [2.45, 2.75) is 117 Å². The van der Waals surface area contributed by atoms with Crippen molar-refractivity contribution < 1.29 is 9.59 Å². The summed E-state index contributed by atoms with van der Waals surface area (Å²) in [5.74, 6) is 3.04. The van der Waals surface area contributed by atoms with Crippen molar-refractivity contribution >= 4 is 11.8 Å². The highest BCUT2D eigenvalue weighted by Crippen LogP contribution is 2.66. The molecule has 4 aliphatic rings. The maximum absolute atomic E-state index is 13.2. The zero-order valence-corrected chi connectivity index (χ0v) is 21.3. The lowest BCUT2D eigenvalue weighted by atomic mass is 9.47. The van der Waals surface area contributed by atoms with Gasteiger partial charge in [0.05, 0.1) is 0 Å². The third-order valence-electron chi connectivity index (χ3n) is 10.7. The summed E-state index contributed by atoms with van der Waals surface area (Å²) < 4.78 is 0. The van der Waals surface area contributed by atoms with Crippen LogP contribution in [0.3, 0.4) is 0 Å². The van der Waals surface area contributed by atoms with E-state index in [1.165, 1.54) is 57.8 Å². The predicted molar refractivity (Wildman–Crippen MR) is 130 cm³/mol. The second-order valence-corrected chi connectivity index (χ2v) is 12.2. The Bertz CT molecular complexity index is 693. The molecule has 1 heterocycles. The summed E-state index contributed by atoms with van der Waals surface area (Å²) in [5, 5.41) is 3.33. The summed E-state index contributed by atoms with van der Waals surface area (Å²) in [5.41, 5.74) is 0.441. The fourth-order valence-corrected chi connectivity index (χ4v) is 8.82. The fraction of sp³-hybridized carbons (Fsp3) is 0.929. The van der Waals surface area contributed by atoms with E-state index in [1.807, 2.05) is 7.05 Å². The molecule has 4 nitrogen and oxygen atoms in total. The number of carbonyl (C=O) groups is 2. The average molecular weight is 445 g/mol. The normalized spacial score (nSPS) is 41.1. The molecule has 1 saturated heterocycles. The first-order valence-electron chi connectivity index (χ1n) is 13.9. The van der Waals surface area contributed by atoms with Crippen LogP contribution in [0.1, 0.15) is 111 Å². The van der Waals surface area contributed by atoms with Crippen molar-refractivity contribution in [3.05, 3.63) is 0 Å². The van der Waals surface area contributed by atoms with Gasteiger partial charge in [0.25, 0.3) is 0 Å². The standard InChI is InChI=1S/C28H48N2O2/c1-5-6-7-8-9-10-19-29-26(32)23-13-12-21-20-11-14-24-28(3,18-16-25(31)30(24)4)22(20)15-17-27(21,23)2/h20-24H,5-19H2,1-4H3,(H,29,32)/t20?,21?,22?,23-,24?,27?,28?/m1/s1. The van der Waals surface area contributed by atoms with Crippen molar-refractivity contribution in [3.63, 3.8) is 0 Å². The van der Waals surface area contributed by atoms with E-state index < -0.39 is 0 Å². The Balaban J connectivity index is 1.36. The number of carbonyl (C=O) groups excluding carboxylic acids is 2. The largest absolute Gasteiger partial charge is 0.356 e. The van der Waals surface area contributed by atoms with Gasteiger partial charge in [0.15, 0.2) is 0 Å². The molecule has 6 unspecified atom stereocenters. The molecule has 32 heavy (non-hydrogen) atoms. The van der Waals surface area contributed by atoms with Gasteiger partial charge in [-0.2, -0.15) is 0 Å². The van der Waals surface area contributed by atoms with Crippen LogP contribution >= 0.6 is 0 Å². The Labute approximate surface area is 196 Å². The highest BCUT2D eigenvalue weighted by Gasteiger charge is 2.62. The van der Waals surface area contributed by atoms with Gasteiger partial charge in [-0.15, -0.1) is 0 Å². The summed E-state index contributed by atoms with van der Waals surface area (Å²) in [6.45, 7) is 8.04. The third-order valence-corrected chi connectivity index (χ3v) is 10.7. The molecule has 4 fully saturated rings. The highest BCUT2D eigenvalue weighted by atomic mass is 16.2. The quantitative estimate of drug-likeness (QED) is 0.471. The average Bonchev–Trinajstić information content (AvgIpc) is 3.13. The molecule has 0 aromatic heterocycles. The molecule has 0 bridgehead atoms. The zero-order valence-electron chi connectivity index (χ0n) is 21.3.